The first-order valence-corrected chi connectivity index (χ1v) is 10.1. The Hall–Kier alpha value is -3.38. The maximum absolute atomic E-state index is 12.6. The van der Waals surface area contributed by atoms with Crippen LogP contribution in [0.5, 0.6) is 0 Å². The second kappa shape index (κ2) is 9.89. The van der Waals surface area contributed by atoms with Crippen molar-refractivity contribution in [2.24, 2.45) is 0 Å². The van der Waals surface area contributed by atoms with Crippen molar-refractivity contribution in [2.75, 3.05) is 28.6 Å². The van der Waals surface area contributed by atoms with Crippen molar-refractivity contribution >= 4 is 40.6 Å². The Morgan fingerprint density at radius 1 is 0.900 bits per heavy atom. The van der Waals surface area contributed by atoms with Gasteiger partial charge in [-0.3, -0.25) is 9.59 Å². The molecule has 0 spiro atoms. The lowest BCUT2D eigenvalue weighted by atomic mass is 10.1. The van der Waals surface area contributed by atoms with Gasteiger partial charge >= 0.3 is 0 Å². The highest BCUT2D eigenvalue weighted by Gasteiger charge is 2.14. The normalized spacial score (nSPS) is 10.4. The number of carbonyl (C=O) groups excluding carboxylic acids is 2. The number of anilines is 3. The predicted octanol–water partition coefficient (Wildman–Crippen LogP) is 5.09. The number of hydrogen-bond acceptors (Lipinski definition) is 4. The molecule has 0 unspecified atom stereocenters. The molecule has 1 aromatic heterocycles. The number of pyridine rings is 1. The molecule has 1 heterocycles. The molecular weight excluding hydrogens is 400 g/mol. The maximum atomic E-state index is 12.6. The lowest BCUT2D eigenvalue weighted by molar-refractivity contribution is 0.101. The van der Waals surface area contributed by atoms with Crippen LogP contribution in [0.4, 0.5) is 17.2 Å². The van der Waals surface area contributed by atoms with E-state index in [9.17, 15) is 9.59 Å². The minimum atomic E-state index is -0.354. The highest BCUT2D eigenvalue weighted by atomic mass is 35.5. The van der Waals surface area contributed by atoms with Gasteiger partial charge in [-0.2, -0.15) is 0 Å². The van der Waals surface area contributed by atoms with Crippen LogP contribution in [0.25, 0.3) is 0 Å². The number of benzene rings is 2. The summed E-state index contributed by atoms with van der Waals surface area (Å²) in [7, 11) is 0. The van der Waals surface area contributed by atoms with Crippen molar-refractivity contribution < 1.29 is 9.59 Å². The van der Waals surface area contributed by atoms with Crippen LogP contribution in [0.1, 0.15) is 34.6 Å². The lowest BCUT2D eigenvalue weighted by Crippen LogP contribution is -2.23. The fourth-order valence-electron chi connectivity index (χ4n) is 2.96. The van der Waals surface area contributed by atoms with Crippen LogP contribution >= 0.6 is 11.6 Å². The molecule has 2 amide bonds. The van der Waals surface area contributed by atoms with Gasteiger partial charge in [-0.15, -0.1) is 0 Å². The molecule has 154 valence electrons. The Bertz CT molecular complexity index is 1020. The van der Waals surface area contributed by atoms with E-state index < -0.39 is 0 Å². The van der Waals surface area contributed by atoms with E-state index in [-0.39, 0.29) is 17.4 Å². The van der Waals surface area contributed by atoms with Crippen molar-refractivity contribution in [3.63, 3.8) is 0 Å². The molecule has 0 aliphatic heterocycles. The summed E-state index contributed by atoms with van der Waals surface area (Å²) in [4.78, 5) is 31.6. The monoisotopic (exact) mass is 422 g/mol. The van der Waals surface area contributed by atoms with E-state index in [4.69, 9.17) is 11.6 Å². The van der Waals surface area contributed by atoms with Crippen LogP contribution in [0, 0.1) is 0 Å². The lowest BCUT2D eigenvalue weighted by Gasteiger charge is -2.19. The molecule has 0 radical (unpaired) electrons. The van der Waals surface area contributed by atoms with Crippen molar-refractivity contribution in [2.45, 2.75) is 13.8 Å². The highest BCUT2D eigenvalue weighted by molar-refractivity contribution is 6.34. The van der Waals surface area contributed by atoms with Gasteiger partial charge in [0.05, 0.1) is 16.1 Å². The number of aromatic nitrogens is 1. The summed E-state index contributed by atoms with van der Waals surface area (Å²) in [6, 6.07) is 17.4. The summed E-state index contributed by atoms with van der Waals surface area (Å²) in [5.41, 5.74) is 1.83. The van der Waals surface area contributed by atoms with E-state index in [1.54, 1.807) is 42.6 Å². The number of amides is 2. The van der Waals surface area contributed by atoms with E-state index in [0.717, 1.165) is 18.9 Å². The van der Waals surface area contributed by atoms with Gasteiger partial charge in [0.1, 0.15) is 5.82 Å². The Morgan fingerprint density at radius 2 is 1.60 bits per heavy atom. The predicted molar refractivity (Wildman–Crippen MR) is 122 cm³/mol. The Morgan fingerprint density at radius 3 is 2.23 bits per heavy atom. The van der Waals surface area contributed by atoms with Gasteiger partial charge in [-0.25, -0.2) is 4.98 Å². The van der Waals surface area contributed by atoms with Gasteiger partial charge < -0.3 is 15.5 Å². The molecule has 0 saturated heterocycles. The molecule has 3 aromatic rings. The van der Waals surface area contributed by atoms with Gasteiger partial charge in [0.25, 0.3) is 11.8 Å². The number of nitrogens with one attached hydrogen (secondary N) is 2. The fraction of sp³-hybridized carbons (Fsp3) is 0.174. The van der Waals surface area contributed by atoms with Crippen LogP contribution < -0.4 is 15.5 Å². The number of hydrogen-bond donors (Lipinski definition) is 2. The molecular formula is C23H23ClN4O2. The summed E-state index contributed by atoms with van der Waals surface area (Å²) in [5, 5.41) is 5.88. The minimum Gasteiger partial charge on any atom is -0.357 e. The molecule has 0 bridgehead atoms. The van der Waals surface area contributed by atoms with E-state index in [2.05, 4.69) is 34.4 Å². The number of rotatable bonds is 7. The summed E-state index contributed by atoms with van der Waals surface area (Å²) in [6.45, 7) is 5.79. The highest BCUT2D eigenvalue weighted by Crippen LogP contribution is 2.23. The largest absolute Gasteiger partial charge is 0.357 e. The summed E-state index contributed by atoms with van der Waals surface area (Å²) < 4.78 is 0. The van der Waals surface area contributed by atoms with Crippen LogP contribution in [-0.2, 0) is 0 Å². The summed E-state index contributed by atoms with van der Waals surface area (Å²) >= 11 is 6.20. The zero-order valence-electron chi connectivity index (χ0n) is 16.9. The van der Waals surface area contributed by atoms with Gasteiger partial charge in [0.15, 0.2) is 0 Å². The molecule has 0 fully saturated rings. The van der Waals surface area contributed by atoms with Crippen molar-refractivity contribution in [1.29, 1.82) is 0 Å². The molecule has 30 heavy (non-hydrogen) atoms. The summed E-state index contributed by atoms with van der Waals surface area (Å²) in [5.74, 6) is 0.154. The van der Waals surface area contributed by atoms with E-state index >= 15 is 0 Å². The third-order valence-electron chi connectivity index (χ3n) is 4.60. The summed E-state index contributed by atoms with van der Waals surface area (Å²) in [6.07, 6.45) is 1.54. The minimum absolute atomic E-state index is 0.272. The van der Waals surface area contributed by atoms with Gasteiger partial charge in [0, 0.05) is 30.7 Å². The van der Waals surface area contributed by atoms with Crippen molar-refractivity contribution in [3.05, 3.63) is 83.0 Å². The van der Waals surface area contributed by atoms with E-state index in [1.165, 1.54) is 0 Å². The third kappa shape index (κ3) is 5.15. The molecule has 7 heteroatoms. The van der Waals surface area contributed by atoms with Crippen molar-refractivity contribution in [3.8, 4) is 0 Å². The Kier molecular flexibility index (Phi) is 7.03. The first-order chi connectivity index (χ1) is 14.5. The van der Waals surface area contributed by atoms with E-state index in [0.29, 0.717) is 22.0 Å². The zero-order valence-corrected chi connectivity index (χ0v) is 17.6. The second-order valence-electron chi connectivity index (χ2n) is 6.55. The maximum Gasteiger partial charge on any atom is 0.257 e. The molecule has 0 atom stereocenters. The van der Waals surface area contributed by atoms with Gasteiger partial charge in [0.2, 0.25) is 0 Å². The van der Waals surface area contributed by atoms with Gasteiger partial charge in [-0.05, 0) is 56.3 Å². The average molecular weight is 423 g/mol. The average Bonchev–Trinajstić information content (AvgIpc) is 2.77. The topological polar surface area (TPSA) is 74.3 Å². The first-order valence-electron chi connectivity index (χ1n) is 9.70. The first kappa shape index (κ1) is 21.3. The molecule has 0 saturated carbocycles. The molecule has 2 aromatic carbocycles. The molecule has 3 rings (SSSR count). The van der Waals surface area contributed by atoms with Crippen LogP contribution in [0.3, 0.4) is 0 Å². The number of para-hydroxylation sites is 1. The molecule has 0 aliphatic carbocycles. The smallest absolute Gasteiger partial charge is 0.257 e. The zero-order chi connectivity index (χ0) is 21.5. The number of nitrogens with zero attached hydrogens (tertiary/aromatic N) is 2. The van der Waals surface area contributed by atoms with Crippen LogP contribution in [0.2, 0.25) is 5.02 Å². The molecule has 2 N–H and O–H groups in total. The standard InChI is InChI=1S/C23H23ClN4O2/c1-3-28(4-2)21-13-10-16(15-25-21)22(29)27-18-11-12-20(24)19(14-18)23(30)26-17-8-6-5-7-9-17/h5-15H,3-4H2,1-2H3,(H,26,30)(H,27,29). The Balaban J connectivity index is 1.73. The van der Waals surface area contributed by atoms with Gasteiger partial charge in [-0.1, -0.05) is 29.8 Å². The quantitative estimate of drug-likeness (QED) is 0.556. The SMILES string of the molecule is CCN(CC)c1ccc(C(=O)Nc2ccc(Cl)c(C(=O)Nc3ccccc3)c2)cn1. The van der Waals surface area contributed by atoms with E-state index in [1.807, 2.05) is 24.3 Å². The number of carbonyl (C=O) groups is 2. The van der Waals surface area contributed by atoms with Crippen molar-refractivity contribution in [1.82, 2.24) is 4.98 Å². The molecule has 0 aliphatic rings. The number of halogens is 1. The fourth-order valence-corrected chi connectivity index (χ4v) is 3.16. The second-order valence-corrected chi connectivity index (χ2v) is 6.95. The Labute approximate surface area is 180 Å². The van der Waals surface area contributed by atoms with Crippen LogP contribution in [0.15, 0.2) is 66.9 Å². The third-order valence-corrected chi connectivity index (χ3v) is 4.93. The van der Waals surface area contributed by atoms with Crippen LogP contribution in [-0.4, -0.2) is 29.9 Å². The molecule has 6 nitrogen and oxygen atoms in total.